The van der Waals surface area contributed by atoms with Crippen LogP contribution in [0.15, 0.2) is 35.6 Å². The smallest absolute Gasteiger partial charge is 0.435 e. The standard InChI is InChI=1S/C15H15F3N4O3/c1-24-11-5-3-4-10(14(11)25-2)8-19-20-13(23)9-22-7-6-12(21-22)15(16,17)18/h3-8H,9H2,1-2H3,(H,20,23)/b19-8-. The Bertz CT molecular complexity index is 772. The minimum absolute atomic E-state index is 0.400. The van der Waals surface area contributed by atoms with Crippen LogP contribution in [-0.4, -0.2) is 36.1 Å². The number of methoxy groups -OCH3 is 2. The van der Waals surface area contributed by atoms with E-state index in [-0.39, 0.29) is 0 Å². The number of benzene rings is 1. The van der Waals surface area contributed by atoms with Gasteiger partial charge in [-0.15, -0.1) is 0 Å². The van der Waals surface area contributed by atoms with Gasteiger partial charge >= 0.3 is 6.18 Å². The number of carbonyl (C=O) groups is 1. The van der Waals surface area contributed by atoms with E-state index in [1.54, 1.807) is 18.2 Å². The van der Waals surface area contributed by atoms with Crippen molar-refractivity contribution >= 4 is 12.1 Å². The molecule has 0 aliphatic heterocycles. The molecule has 2 aromatic rings. The fourth-order valence-corrected chi connectivity index (χ4v) is 1.97. The minimum atomic E-state index is -4.55. The number of hydrogen-bond acceptors (Lipinski definition) is 5. The molecule has 1 aromatic heterocycles. The van der Waals surface area contributed by atoms with E-state index in [4.69, 9.17) is 9.47 Å². The van der Waals surface area contributed by atoms with Crippen LogP contribution in [0.3, 0.4) is 0 Å². The second kappa shape index (κ2) is 7.69. The summed E-state index contributed by atoms with van der Waals surface area (Å²) in [4.78, 5) is 11.7. The van der Waals surface area contributed by atoms with Gasteiger partial charge in [-0.05, 0) is 18.2 Å². The first-order chi connectivity index (χ1) is 11.8. The van der Waals surface area contributed by atoms with E-state index in [0.29, 0.717) is 17.1 Å². The molecule has 1 heterocycles. The highest BCUT2D eigenvalue weighted by Crippen LogP contribution is 2.29. The van der Waals surface area contributed by atoms with Gasteiger partial charge < -0.3 is 9.47 Å². The highest BCUT2D eigenvalue weighted by atomic mass is 19.4. The predicted octanol–water partition coefficient (Wildman–Crippen LogP) is 2.07. The maximum atomic E-state index is 12.4. The maximum absolute atomic E-state index is 12.4. The molecule has 2 rings (SSSR count). The van der Waals surface area contributed by atoms with Crippen LogP contribution < -0.4 is 14.9 Å². The van der Waals surface area contributed by atoms with E-state index in [2.05, 4.69) is 15.6 Å². The summed E-state index contributed by atoms with van der Waals surface area (Å²) in [6.07, 6.45) is -2.15. The van der Waals surface area contributed by atoms with E-state index >= 15 is 0 Å². The summed E-state index contributed by atoms with van der Waals surface area (Å²) in [5.41, 5.74) is 1.70. The Labute approximate surface area is 141 Å². The zero-order valence-corrected chi connectivity index (χ0v) is 13.4. The normalized spacial score (nSPS) is 11.6. The molecule has 0 aliphatic rings. The molecule has 1 N–H and O–H groups in total. The average Bonchev–Trinajstić information content (AvgIpc) is 3.03. The predicted molar refractivity (Wildman–Crippen MR) is 82.5 cm³/mol. The Hall–Kier alpha value is -3.04. The van der Waals surface area contributed by atoms with Gasteiger partial charge in [-0.3, -0.25) is 9.48 Å². The molecule has 0 atom stereocenters. The van der Waals surface area contributed by atoms with Crippen LogP contribution in [0.2, 0.25) is 0 Å². The molecule has 7 nitrogen and oxygen atoms in total. The maximum Gasteiger partial charge on any atom is 0.435 e. The summed E-state index contributed by atoms with van der Waals surface area (Å²) in [6, 6.07) is 5.90. The number of alkyl halides is 3. The van der Waals surface area contributed by atoms with Crippen LogP contribution >= 0.6 is 0 Å². The fourth-order valence-electron chi connectivity index (χ4n) is 1.97. The Balaban J connectivity index is 1.98. The van der Waals surface area contributed by atoms with E-state index in [1.807, 2.05) is 0 Å². The van der Waals surface area contributed by atoms with Crippen LogP contribution in [0.4, 0.5) is 13.2 Å². The Morgan fingerprint density at radius 3 is 2.68 bits per heavy atom. The first-order valence-corrected chi connectivity index (χ1v) is 6.98. The topological polar surface area (TPSA) is 77.7 Å². The molecule has 0 spiro atoms. The van der Waals surface area contributed by atoms with Gasteiger partial charge in [-0.25, -0.2) is 5.43 Å². The number of amides is 1. The van der Waals surface area contributed by atoms with E-state index in [9.17, 15) is 18.0 Å². The van der Waals surface area contributed by atoms with Gasteiger partial charge in [0.05, 0.1) is 20.4 Å². The number of para-hydroxylation sites is 1. The molecule has 0 unspecified atom stereocenters. The molecule has 0 saturated heterocycles. The summed E-state index contributed by atoms with van der Waals surface area (Å²) in [6.45, 7) is -0.400. The first-order valence-electron chi connectivity index (χ1n) is 6.98. The highest BCUT2D eigenvalue weighted by Gasteiger charge is 2.33. The lowest BCUT2D eigenvalue weighted by molar-refractivity contribution is -0.141. The number of halogens is 3. The summed E-state index contributed by atoms with van der Waals surface area (Å²) < 4.78 is 48.5. The third kappa shape index (κ3) is 4.72. The molecule has 0 bridgehead atoms. The highest BCUT2D eigenvalue weighted by molar-refractivity contribution is 5.86. The van der Waals surface area contributed by atoms with E-state index < -0.39 is 24.3 Å². The third-order valence-corrected chi connectivity index (χ3v) is 3.06. The van der Waals surface area contributed by atoms with E-state index in [1.165, 1.54) is 20.4 Å². The minimum Gasteiger partial charge on any atom is -0.493 e. The largest absolute Gasteiger partial charge is 0.493 e. The summed E-state index contributed by atoms with van der Waals surface area (Å²) >= 11 is 0. The van der Waals surface area contributed by atoms with Crippen molar-refractivity contribution in [2.24, 2.45) is 5.10 Å². The third-order valence-electron chi connectivity index (χ3n) is 3.06. The van der Waals surface area contributed by atoms with Crippen molar-refractivity contribution in [1.82, 2.24) is 15.2 Å². The van der Waals surface area contributed by atoms with Gasteiger partial charge in [0.1, 0.15) is 6.54 Å². The second-order valence-electron chi connectivity index (χ2n) is 4.77. The lowest BCUT2D eigenvalue weighted by atomic mass is 10.2. The summed E-state index contributed by atoms with van der Waals surface area (Å²) in [5, 5.41) is 7.03. The van der Waals surface area contributed by atoms with Gasteiger partial charge in [0.25, 0.3) is 5.91 Å². The van der Waals surface area contributed by atoms with Crippen molar-refractivity contribution in [2.75, 3.05) is 14.2 Å². The van der Waals surface area contributed by atoms with Gasteiger partial charge in [0.2, 0.25) is 0 Å². The lowest BCUT2D eigenvalue weighted by Gasteiger charge is -2.09. The van der Waals surface area contributed by atoms with Gasteiger partial charge in [-0.2, -0.15) is 23.4 Å². The summed E-state index contributed by atoms with van der Waals surface area (Å²) in [5.74, 6) is 0.300. The van der Waals surface area contributed by atoms with Crippen LogP contribution in [0.5, 0.6) is 11.5 Å². The molecular formula is C15H15F3N4O3. The number of nitrogens with one attached hydrogen (secondary N) is 1. The second-order valence-corrected chi connectivity index (χ2v) is 4.77. The number of ether oxygens (including phenoxy) is 2. The molecule has 25 heavy (non-hydrogen) atoms. The Morgan fingerprint density at radius 1 is 1.32 bits per heavy atom. The number of hydrazone groups is 1. The molecule has 0 radical (unpaired) electrons. The Kier molecular flexibility index (Phi) is 5.63. The monoisotopic (exact) mass is 356 g/mol. The SMILES string of the molecule is COc1cccc(/C=N\NC(=O)Cn2ccc(C(F)(F)F)n2)c1OC. The number of carbonyl (C=O) groups excluding carboxylic acids is 1. The molecule has 1 amide bonds. The molecule has 10 heteroatoms. The van der Waals surface area contributed by atoms with Gasteiger partial charge in [0.15, 0.2) is 17.2 Å². The van der Waals surface area contributed by atoms with E-state index in [0.717, 1.165) is 16.9 Å². The molecule has 1 aromatic carbocycles. The quantitative estimate of drug-likeness (QED) is 0.635. The lowest BCUT2D eigenvalue weighted by Crippen LogP contribution is -2.23. The molecule has 0 fully saturated rings. The van der Waals surface area contributed by atoms with Crippen molar-refractivity contribution in [3.05, 3.63) is 41.7 Å². The van der Waals surface area contributed by atoms with Crippen LogP contribution in [0, 0.1) is 0 Å². The zero-order chi connectivity index (χ0) is 18.4. The van der Waals surface area contributed by atoms with Crippen molar-refractivity contribution in [3.8, 4) is 11.5 Å². The first kappa shape index (κ1) is 18.3. The summed E-state index contributed by atoms with van der Waals surface area (Å²) in [7, 11) is 2.95. The molecule has 0 aliphatic carbocycles. The average molecular weight is 356 g/mol. The van der Waals surface area contributed by atoms with Gasteiger partial charge in [0, 0.05) is 11.8 Å². The van der Waals surface area contributed by atoms with Crippen LogP contribution in [-0.2, 0) is 17.5 Å². The van der Waals surface area contributed by atoms with Crippen molar-refractivity contribution in [1.29, 1.82) is 0 Å². The number of rotatable bonds is 6. The fraction of sp³-hybridized carbons (Fsp3) is 0.267. The molecular weight excluding hydrogens is 341 g/mol. The zero-order valence-electron chi connectivity index (χ0n) is 13.4. The number of nitrogens with zero attached hydrogens (tertiary/aromatic N) is 3. The number of hydrogen-bond donors (Lipinski definition) is 1. The van der Waals surface area contributed by atoms with Crippen molar-refractivity contribution < 1.29 is 27.4 Å². The van der Waals surface area contributed by atoms with Crippen molar-refractivity contribution in [3.63, 3.8) is 0 Å². The number of aromatic nitrogens is 2. The molecule has 134 valence electrons. The van der Waals surface area contributed by atoms with Crippen LogP contribution in [0.1, 0.15) is 11.3 Å². The Morgan fingerprint density at radius 2 is 2.08 bits per heavy atom. The van der Waals surface area contributed by atoms with Crippen LogP contribution in [0.25, 0.3) is 0 Å². The molecule has 0 saturated carbocycles. The van der Waals surface area contributed by atoms with Gasteiger partial charge in [-0.1, -0.05) is 6.07 Å². The van der Waals surface area contributed by atoms with Crippen molar-refractivity contribution in [2.45, 2.75) is 12.7 Å².